The number of primary amides is 1. The molecule has 0 aliphatic carbocycles. The van der Waals surface area contributed by atoms with Crippen LogP contribution in [-0.2, 0) is 16.8 Å². The van der Waals surface area contributed by atoms with E-state index in [1.54, 1.807) is 17.7 Å². The first-order valence-electron chi connectivity index (χ1n) is 6.99. The van der Waals surface area contributed by atoms with E-state index in [0.29, 0.717) is 16.9 Å². The third-order valence-corrected chi connectivity index (χ3v) is 4.18. The van der Waals surface area contributed by atoms with E-state index in [1.165, 1.54) is 11.8 Å². The lowest BCUT2D eigenvalue weighted by atomic mass is 9.94. The van der Waals surface area contributed by atoms with Crippen molar-refractivity contribution in [1.29, 1.82) is 0 Å². The second kappa shape index (κ2) is 6.12. The van der Waals surface area contributed by atoms with Crippen molar-refractivity contribution in [3.05, 3.63) is 23.7 Å². The molecular formula is C14H21N5O2S. The van der Waals surface area contributed by atoms with Crippen LogP contribution in [0.4, 0.5) is 0 Å². The number of aryl methyl sites for hydroxylation is 1. The SMILES string of the molecule is Cc1nnc(S[C@H](C)c2ncc(C(C)(C)C)o2)n1CC(N)=O. The van der Waals surface area contributed by atoms with Crippen molar-refractivity contribution in [3.8, 4) is 0 Å². The molecule has 0 saturated carbocycles. The van der Waals surface area contributed by atoms with Crippen LogP contribution in [0, 0.1) is 6.92 Å². The second-order valence-electron chi connectivity index (χ2n) is 6.16. The van der Waals surface area contributed by atoms with Crippen LogP contribution in [0.5, 0.6) is 0 Å². The highest BCUT2D eigenvalue weighted by molar-refractivity contribution is 7.99. The first kappa shape index (κ1) is 16.5. The highest BCUT2D eigenvalue weighted by Gasteiger charge is 2.23. The number of rotatable bonds is 5. The minimum absolute atomic E-state index is 0.0497. The zero-order valence-electron chi connectivity index (χ0n) is 13.5. The number of hydrogen-bond acceptors (Lipinski definition) is 6. The van der Waals surface area contributed by atoms with Gasteiger partial charge in [0.05, 0.1) is 11.4 Å². The Labute approximate surface area is 133 Å². The third-order valence-electron chi connectivity index (χ3n) is 3.11. The van der Waals surface area contributed by atoms with Gasteiger partial charge in [-0.2, -0.15) is 0 Å². The molecule has 1 atom stereocenters. The van der Waals surface area contributed by atoms with Crippen LogP contribution in [0.1, 0.15) is 50.4 Å². The Morgan fingerprint density at radius 3 is 2.68 bits per heavy atom. The molecule has 0 aliphatic rings. The van der Waals surface area contributed by atoms with E-state index in [0.717, 1.165) is 5.76 Å². The molecule has 0 aliphatic heterocycles. The number of hydrogen-bond donors (Lipinski definition) is 1. The van der Waals surface area contributed by atoms with Crippen LogP contribution in [0.2, 0.25) is 0 Å². The zero-order chi connectivity index (χ0) is 16.5. The first-order chi connectivity index (χ1) is 10.2. The molecule has 2 aromatic heterocycles. The largest absolute Gasteiger partial charge is 0.444 e. The Kier molecular flexibility index (Phi) is 4.60. The summed E-state index contributed by atoms with van der Waals surface area (Å²) in [5, 5.41) is 8.66. The van der Waals surface area contributed by atoms with Crippen LogP contribution < -0.4 is 5.73 Å². The van der Waals surface area contributed by atoms with Crippen molar-refractivity contribution in [3.63, 3.8) is 0 Å². The predicted octanol–water partition coefficient (Wildman–Crippen LogP) is 2.21. The van der Waals surface area contributed by atoms with Gasteiger partial charge in [-0.1, -0.05) is 32.5 Å². The van der Waals surface area contributed by atoms with E-state index in [1.807, 2.05) is 6.92 Å². The number of aromatic nitrogens is 4. The maximum Gasteiger partial charge on any atom is 0.237 e. The summed E-state index contributed by atoms with van der Waals surface area (Å²) >= 11 is 1.44. The van der Waals surface area contributed by atoms with Gasteiger partial charge in [-0.25, -0.2) is 4.98 Å². The molecule has 2 rings (SSSR count). The molecule has 2 aromatic rings. The molecule has 2 heterocycles. The molecule has 0 unspecified atom stereocenters. The van der Waals surface area contributed by atoms with E-state index in [9.17, 15) is 4.79 Å². The summed E-state index contributed by atoms with van der Waals surface area (Å²) in [6.07, 6.45) is 1.76. The Morgan fingerprint density at radius 1 is 1.45 bits per heavy atom. The third kappa shape index (κ3) is 3.68. The van der Waals surface area contributed by atoms with E-state index in [2.05, 4.69) is 36.0 Å². The molecule has 7 nitrogen and oxygen atoms in total. The van der Waals surface area contributed by atoms with Gasteiger partial charge in [0.1, 0.15) is 18.1 Å². The minimum Gasteiger partial charge on any atom is -0.444 e. The normalized spacial score (nSPS) is 13.3. The average Bonchev–Trinajstić information content (AvgIpc) is 2.99. The average molecular weight is 323 g/mol. The summed E-state index contributed by atoms with van der Waals surface area (Å²) in [6.45, 7) is 10.0. The molecule has 2 N–H and O–H groups in total. The van der Waals surface area contributed by atoms with Gasteiger partial charge in [-0.15, -0.1) is 10.2 Å². The molecule has 120 valence electrons. The van der Waals surface area contributed by atoms with E-state index in [-0.39, 0.29) is 17.2 Å². The topological polar surface area (TPSA) is 99.8 Å². The quantitative estimate of drug-likeness (QED) is 0.847. The van der Waals surface area contributed by atoms with Gasteiger partial charge in [-0.05, 0) is 13.8 Å². The van der Waals surface area contributed by atoms with Crippen LogP contribution in [0.3, 0.4) is 0 Å². The van der Waals surface area contributed by atoms with Gasteiger partial charge < -0.3 is 10.2 Å². The minimum atomic E-state index is -0.427. The number of nitrogens with zero attached hydrogens (tertiary/aromatic N) is 4. The summed E-state index contributed by atoms with van der Waals surface area (Å²) in [5.74, 6) is 1.69. The molecule has 22 heavy (non-hydrogen) atoms. The number of oxazole rings is 1. The van der Waals surface area contributed by atoms with Gasteiger partial charge >= 0.3 is 0 Å². The van der Waals surface area contributed by atoms with Crippen molar-refractivity contribution in [2.75, 3.05) is 0 Å². The Morgan fingerprint density at radius 2 is 2.14 bits per heavy atom. The van der Waals surface area contributed by atoms with Gasteiger partial charge in [-0.3, -0.25) is 9.36 Å². The summed E-state index contributed by atoms with van der Waals surface area (Å²) in [4.78, 5) is 15.5. The molecule has 8 heteroatoms. The highest BCUT2D eigenvalue weighted by Crippen LogP contribution is 2.35. The lowest BCUT2D eigenvalue weighted by Crippen LogP contribution is -2.20. The molecule has 0 fully saturated rings. The number of nitrogens with two attached hydrogens (primary N) is 1. The summed E-state index contributed by atoms with van der Waals surface area (Å²) < 4.78 is 7.52. The standard InChI is InChI=1S/C14H21N5O2S/c1-8(12-16-6-10(21-12)14(3,4)5)22-13-18-17-9(2)19(13)7-11(15)20/h6,8H,7H2,1-5H3,(H2,15,20)/t8-/m1/s1. The fourth-order valence-corrected chi connectivity index (χ4v) is 2.76. The van der Waals surface area contributed by atoms with Gasteiger partial charge in [0.15, 0.2) is 5.16 Å². The smallest absolute Gasteiger partial charge is 0.237 e. The van der Waals surface area contributed by atoms with Crippen molar-refractivity contribution in [2.45, 2.75) is 57.0 Å². The molecule has 0 aromatic carbocycles. The monoisotopic (exact) mass is 323 g/mol. The number of thioether (sulfide) groups is 1. The van der Waals surface area contributed by atoms with Crippen LogP contribution in [0.25, 0.3) is 0 Å². The lowest BCUT2D eigenvalue weighted by molar-refractivity contribution is -0.118. The molecule has 0 saturated heterocycles. The maximum absolute atomic E-state index is 11.1. The molecule has 0 bridgehead atoms. The zero-order valence-corrected chi connectivity index (χ0v) is 14.3. The van der Waals surface area contributed by atoms with E-state index >= 15 is 0 Å². The Bertz CT molecular complexity index is 671. The van der Waals surface area contributed by atoms with Crippen LogP contribution in [0.15, 0.2) is 15.8 Å². The van der Waals surface area contributed by atoms with Crippen LogP contribution >= 0.6 is 11.8 Å². The van der Waals surface area contributed by atoms with Gasteiger partial charge in [0, 0.05) is 5.41 Å². The molecule has 1 amide bonds. The van der Waals surface area contributed by atoms with Crippen molar-refractivity contribution >= 4 is 17.7 Å². The number of amides is 1. The van der Waals surface area contributed by atoms with Crippen molar-refractivity contribution in [1.82, 2.24) is 19.7 Å². The van der Waals surface area contributed by atoms with Crippen molar-refractivity contribution in [2.24, 2.45) is 5.73 Å². The van der Waals surface area contributed by atoms with Crippen LogP contribution in [-0.4, -0.2) is 25.7 Å². The fourth-order valence-electron chi connectivity index (χ4n) is 1.82. The predicted molar refractivity (Wildman–Crippen MR) is 83.4 cm³/mol. The first-order valence-corrected chi connectivity index (χ1v) is 7.87. The summed E-state index contributed by atoms with van der Waals surface area (Å²) in [5.41, 5.74) is 5.17. The van der Waals surface area contributed by atoms with E-state index < -0.39 is 5.91 Å². The molecule has 0 spiro atoms. The van der Waals surface area contributed by atoms with E-state index in [4.69, 9.17) is 10.2 Å². The summed E-state index contributed by atoms with van der Waals surface area (Å²) in [6, 6.07) is 0. The Balaban J connectivity index is 2.17. The fraction of sp³-hybridized carbons (Fsp3) is 0.571. The van der Waals surface area contributed by atoms with Gasteiger partial charge in [0.2, 0.25) is 11.8 Å². The molecular weight excluding hydrogens is 302 g/mol. The van der Waals surface area contributed by atoms with Gasteiger partial charge in [0.25, 0.3) is 0 Å². The summed E-state index contributed by atoms with van der Waals surface area (Å²) in [7, 11) is 0. The van der Waals surface area contributed by atoms with Crippen molar-refractivity contribution < 1.29 is 9.21 Å². The molecule has 0 radical (unpaired) electrons. The maximum atomic E-state index is 11.1. The Hall–Kier alpha value is -1.83. The number of carbonyl (C=O) groups is 1. The number of carbonyl (C=O) groups excluding carboxylic acids is 1. The second-order valence-corrected chi connectivity index (χ2v) is 7.46. The highest BCUT2D eigenvalue weighted by atomic mass is 32.2. The lowest BCUT2D eigenvalue weighted by Gasteiger charge is -2.14.